The Morgan fingerprint density at radius 3 is 1.68 bits per heavy atom. The summed E-state index contributed by atoms with van der Waals surface area (Å²) in [6.07, 6.45) is 0. The minimum absolute atomic E-state index is 0.513. The zero-order valence-corrected chi connectivity index (χ0v) is 22.2. The van der Waals surface area contributed by atoms with Crippen LogP contribution < -0.4 is 9.47 Å². The number of benzene rings is 2. The van der Waals surface area contributed by atoms with Crippen molar-refractivity contribution in [1.82, 2.24) is 9.80 Å². The largest absolute Gasteiger partial charge is 0.488 e. The van der Waals surface area contributed by atoms with Gasteiger partial charge in [0.05, 0.1) is 52.9 Å². The lowest BCUT2D eigenvalue weighted by molar-refractivity contribution is 0.0299. The van der Waals surface area contributed by atoms with Crippen LogP contribution in [0.5, 0.6) is 11.5 Å². The van der Waals surface area contributed by atoms with Gasteiger partial charge in [-0.05, 0) is 30.2 Å². The van der Waals surface area contributed by atoms with E-state index in [9.17, 15) is 0 Å². The highest BCUT2D eigenvalue weighted by atomic mass is 16.5. The van der Waals surface area contributed by atoms with Gasteiger partial charge in [-0.25, -0.2) is 0 Å². The van der Waals surface area contributed by atoms with Crippen molar-refractivity contribution >= 4 is 0 Å². The van der Waals surface area contributed by atoms with Crippen molar-refractivity contribution in [1.29, 1.82) is 0 Å². The normalized spacial score (nSPS) is 22.7. The fourth-order valence-corrected chi connectivity index (χ4v) is 4.28. The van der Waals surface area contributed by atoms with Crippen LogP contribution in [0.25, 0.3) is 0 Å². The van der Waals surface area contributed by atoms with E-state index in [4.69, 9.17) is 28.4 Å². The Kier molecular flexibility index (Phi) is 12.0. The van der Waals surface area contributed by atoms with Gasteiger partial charge in [-0.15, -0.1) is 0 Å². The standard InChI is InChI=1S/C29H42N2O6/c1-25-2-4-26(5-3-25)23-35-24-27-6-7-28-29(22-27)37-19-13-31-9-15-32-14-8-30(12-18-36-28)10-16-33-20-21-34-17-11-31/h2-7,22H,8-21,23-24H2,1H3. The third kappa shape index (κ3) is 10.2. The molecule has 1 fully saturated rings. The van der Waals surface area contributed by atoms with Crippen LogP contribution in [0.2, 0.25) is 0 Å². The fourth-order valence-electron chi connectivity index (χ4n) is 4.28. The van der Waals surface area contributed by atoms with E-state index in [0.29, 0.717) is 66.1 Å². The van der Waals surface area contributed by atoms with Gasteiger partial charge < -0.3 is 28.4 Å². The Bertz CT molecular complexity index is 910. The van der Waals surface area contributed by atoms with Crippen molar-refractivity contribution < 1.29 is 28.4 Å². The third-order valence-electron chi connectivity index (χ3n) is 6.58. The van der Waals surface area contributed by atoms with Gasteiger partial charge in [0.2, 0.25) is 0 Å². The predicted octanol–water partition coefficient (Wildman–Crippen LogP) is 3.15. The van der Waals surface area contributed by atoms with Gasteiger partial charge in [-0.2, -0.15) is 0 Å². The highest BCUT2D eigenvalue weighted by Crippen LogP contribution is 2.29. The summed E-state index contributed by atoms with van der Waals surface area (Å²) in [7, 11) is 0. The molecule has 4 rings (SSSR count). The van der Waals surface area contributed by atoms with Gasteiger partial charge in [0.1, 0.15) is 13.2 Å². The lowest BCUT2D eigenvalue weighted by Gasteiger charge is -2.22. The van der Waals surface area contributed by atoms with Crippen LogP contribution in [-0.4, -0.2) is 102 Å². The summed E-state index contributed by atoms with van der Waals surface area (Å²) in [4.78, 5) is 4.65. The van der Waals surface area contributed by atoms with Crippen molar-refractivity contribution in [3.63, 3.8) is 0 Å². The summed E-state index contributed by atoms with van der Waals surface area (Å²) in [5, 5.41) is 0. The molecule has 1 saturated heterocycles. The quantitative estimate of drug-likeness (QED) is 0.577. The molecule has 2 bridgehead atoms. The number of hydrogen-bond donors (Lipinski definition) is 0. The average Bonchev–Trinajstić information content (AvgIpc) is 2.91. The molecule has 0 N–H and O–H groups in total. The van der Waals surface area contributed by atoms with Crippen LogP contribution in [0, 0.1) is 6.92 Å². The first-order chi connectivity index (χ1) is 18.3. The maximum atomic E-state index is 6.27. The fraction of sp³-hybridized carbons (Fsp3) is 0.586. The second-order valence-corrected chi connectivity index (χ2v) is 9.48. The summed E-state index contributed by atoms with van der Waals surface area (Å²) >= 11 is 0. The van der Waals surface area contributed by atoms with E-state index in [2.05, 4.69) is 47.1 Å². The molecule has 8 nitrogen and oxygen atoms in total. The molecule has 0 aromatic heterocycles. The molecule has 8 heteroatoms. The smallest absolute Gasteiger partial charge is 0.161 e. The van der Waals surface area contributed by atoms with Crippen molar-refractivity contribution in [3.05, 3.63) is 59.2 Å². The number of aryl methyl sites for hydroxylation is 1. The third-order valence-corrected chi connectivity index (χ3v) is 6.58. The maximum absolute atomic E-state index is 6.27. The van der Waals surface area contributed by atoms with Crippen LogP contribution >= 0.6 is 0 Å². The summed E-state index contributed by atoms with van der Waals surface area (Å²) in [5.74, 6) is 1.52. The Balaban J connectivity index is 1.42. The molecule has 204 valence electrons. The van der Waals surface area contributed by atoms with E-state index in [1.807, 2.05) is 12.1 Å². The highest BCUT2D eigenvalue weighted by Gasteiger charge is 2.13. The van der Waals surface area contributed by atoms with Gasteiger partial charge in [-0.3, -0.25) is 9.80 Å². The molecular formula is C29H42N2O6. The summed E-state index contributed by atoms with van der Waals surface area (Å²) < 4.78 is 35.9. The highest BCUT2D eigenvalue weighted by molar-refractivity contribution is 5.43. The molecule has 37 heavy (non-hydrogen) atoms. The van der Waals surface area contributed by atoms with Gasteiger partial charge in [0.25, 0.3) is 0 Å². The minimum Gasteiger partial charge on any atom is -0.488 e. The number of ether oxygens (including phenoxy) is 6. The van der Waals surface area contributed by atoms with Crippen molar-refractivity contribution in [2.24, 2.45) is 0 Å². The van der Waals surface area contributed by atoms with Crippen LogP contribution in [0.15, 0.2) is 42.5 Å². The Morgan fingerprint density at radius 1 is 0.568 bits per heavy atom. The Hall–Kier alpha value is -2.20. The number of nitrogens with zero attached hydrogens (tertiary/aromatic N) is 2. The van der Waals surface area contributed by atoms with Gasteiger partial charge >= 0.3 is 0 Å². The lowest BCUT2D eigenvalue weighted by Crippen LogP contribution is -2.36. The molecule has 0 saturated carbocycles. The molecule has 2 aromatic carbocycles. The van der Waals surface area contributed by atoms with E-state index in [0.717, 1.165) is 56.3 Å². The molecule has 0 aliphatic carbocycles. The predicted molar refractivity (Wildman–Crippen MR) is 142 cm³/mol. The monoisotopic (exact) mass is 514 g/mol. The zero-order valence-electron chi connectivity index (χ0n) is 22.2. The summed E-state index contributed by atoms with van der Waals surface area (Å²) in [6.45, 7) is 13.2. The van der Waals surface area contributed by atoms with E-state index in [1.54, 1.807) is 0 Å². The molecular weight excluding hydrogens is 472 g/mol. The van der Waals surface area contributed by atoms with E-state index in [-0.39, 0.29) is 0 Å². The first kappa shape index (κ1) is 27.8. The SMILES string of the molecule is Cc1ccc(COCc2ccc3c(c2)OCCN2CCOCCOCCN(CCOCC2)CCO3)cc1. The van der Waals surface area contributed by atoms with E-state index < -0.39 is 0 Å². The number of fused-ring (bicyclic) bond motifs is 7. The summed E-state index contributed by atoms with van der Waals surface area (Å²) in [6, 6.07) is 14.5. The average molecular weight is 515 g/mol. The molecule has 2 aliphatic heterocycles. The van der Waals surface area contributed by atoms with Crippen LogP contribution in [0.3, 0.4) is 0 Å². The van der Waals surface area contributed by atoms with E-state index in [1.165, 1.54) is 11.1 Å². The van der Waals surface area contributed by atoms with Crippen molar-refractivity contribution in [2.45, 2.75) is 20.1 Å². The van der Waals surface area contributed by atoms with Crippen molar-refractivity contribution in [2.75, 3.05) is 92.1 Å². The second-order valence-electron chi connectivity index (χ2n) is 9.48. The molecule has 2 unspecified atom stereocenters. The van der Waals surface area contributed by atoms with Crippen LogP contribution in [0.1, 0.15) is 16.7 Å². The second kappa shape index (κ2) is 15.9. The van der Waals surface area contributed by atoms with Gasteiger partial charge in [0.15, 0.2) is 11.5 Å². The molecule has 2 heterocycles. The Labute approximate surface area is 221 Å². The van der Waals surface area contributed by atoms with Crippen molar-refractivity contribution in [3.8, 4) is 11.5 Å². The number of hydrogen-bond acceptors (Lipinski definition) is 8. The maximum Gasteiger partial charge on any atom is 0.161 e. The topological polar surface area (TPSA) is 61.9 Å². The molecule has 2 aliphatic rings. The Morgan fingerprint density at radius 2 is 1.05 bits per heavy atom. The molecule has 0 radical (unpaired) electrons. The minimum atomic E-state index is 0.513. The van der Waals surface area contributed by atoms with E-state index >= 15 is 0 Å². The number of rotatable bonds is 4. The van der Waals surface area contributed by atoms with Gasteiger partial charge in [0, 0.05) is 39.3 Å². The first-order valence-corrected chi connectivity index (χ1v) is 13.5. The summed E-state index contributed by atoms with van der Waals surface area (Å²) in [5.41, 5.74) is 3.48. The van der Waals surface area contributed by atoms with Crippen LogP contribution in [-0.2, 0) is 32.2 Å². The molecule has 2 atom stereocenters. The lowest BCUT2D eigenvalue weighted by atomic mass is 10.2. The molecule has 0 amide bonds. The van der Waals surface area contributed by atoms with Crippen LogP contribution in [0.4, 0.5) is 0 Å². The van der Waals surface area contributed by atoms with Gasteiger partial charge in [-0.1, -0.05) is 35.9 Å². The zero-order chi connectivity index (χ0) is 25.5. The first-order valence-electron chi connectivity index (χ1n) is 13.5. The molecule has 0 spiro atoms. The molecule has 2 aromatic rings.